The summed E-state index contributed by atoms with van der Waals surface area (Å²) in [7, 11) is 0. The van der Waals surface area contributed by atoms with E-state index in [1.165, 1.54) is 6.07 Å². The van der Waals surface area contributed by atoms with Gasteiger partial charge in [0.2, 0.25) is 5.43 Å². The molecule has 1 aromatic rings. The van der Waals surface area contributed by atoms with Gasteiger partial charge in [-0.05, 0) is 23.1 Å². The van der Waals surface area contributed by atoms with Crippen molar-refractivity contribution in [2.24, 2.45) is 0 Å². The minimum Gasteiger partial charge on any atom is -0.507 e. The van der Waals surface area contributed by atoms with E-state index in [1.54, 1.807) is 24.3 Å². The van der Waals surface area contributed by atoms with Gasteiger partial charge in [-0.25, -0.2) is 0 Å². The molecule has 18 heavy (non-hydrogen) atoms. The van der Waals surface area contributed by atoms with Crippen molar-refractivity contribution >= 4 is 10.8 Å². The highest BCUT2D eigenvalue weighted by atomic mass is 16.3. The first kappa shape index (κ1) is 10.6. The fraction of sp³-hybridized carbons (Fsp3) is 0. The number of phenolic OH excluding ortho intramolecular Hbond substituents is 2. The van der Waals surface area contributed by atoms with Crippen LogP contribution in [0.25, 0.3) is 21.9 Å². The molecule has 0 bridgehead atoms. The summed E-state index contributed by atoms with van der Waals surface area (Å²) in [4.78, 5) is 11.6. The van der Waals surface area contributed by atoms with Gasteiger partial charge in [-0.1, -0.05) is 36.4 Å². The molecule has 3 rings (SSSR count). The van der Waals surface area contributed by atoms with Crippen molar-refractivity contribution < 1.29 is 10.2 Å². The van der Waals surface area contributed by atoms with E-state index in [-0.39, 0.29) is 11.5 Å². The predicted molar refractivity (Wildman–Crippen MR) is 70.2 cm³/mol. The Bertz CT molecular complexity index is 778. The van der Waals surface area contributed by atoms with Crippen molar-refractivity contribution in [3.05, 3.63) is 58.8 Å². The molecule has 0 fully saturated rings. The Balaban J connectivity index is 2.68. The van der Waals surface area contributed by atoms with Crippen LogP contribution in [0.3, 0.4) is 0 Å². The quantitative estimate of drug-likeness (QED) is 0.633. The molecule has 0 spiro atoms. The van der Waals surface area contributed by atoms with E-state index in [0.29, 0.717) is 16.5 Å². The number of fused-ring (bicyclic) bond motifs is 3. The third-order valence-electron chi connectivity index (χ3n) is 3.05. The molecule has 2 aliphatic rings. The van der Waals surface area contributed by atoms with E-state index in [2.05, 4.69) is 0 Å². The molecule has 88 valence electrons. The van der Waals surface area contributed by atoms with E-state index in [0.717, 1.165) is 5.39 Å². The van der Waals surface area contributed by atoms with Gasteiger partial charge in [0.25, 0.3) is 0 Å². The van der Waals surface area contributed by atoms with Gasteiger partial charge in [-0.2, -0.15) is 0 Å². The van der Waals surface area contributed by atoms with Crippen molar-refractivity contribution in [1.29, 1.82) is 0 Å². The number of benzene rings is 2. The minimum absolute atomic E-state index is 0.0506. The second-order valence-electron chi connectivity index (χ2n) is 4.14. The first-order chi connectivity index (χ1) is 8.68. The summed E-state index contributed by atoms with van der Waals surface area (Å²) in [5, 5.41) is 21.2. The molecule has 0 saturated carbocycles. The monoisotopic (exact) mass is 238 g/mol. The number of hydrogen-bond donors (Lipinski definition) is 2. The van der Waals surface area contributed by atoms with E-state index >= 15 is 0 Å². The molecule has 1 aromatic carbocycles. The average Bonchev–Trinajstić information content (AvgIpc) is 2.54. The molecule has 0 amide bonds. The molecule has 3 nitrogen and oxygen atoms in total. The highest BCUT2D eigenvalue weighted by Crippen LogP contribution is 2.38. The molecule has 0 heterocycles. The van der Waals surface area contributed by atoms with E-state index in [1.807, 2.05) is 18.2 Å². The van der Waals surface area contributed by atoms with Crippen LogP contribution in [0, 0.1) is 0 Å². The van der Waals surface area contributed by atoms with E-state index in [9.17, 15) is 15.0 Å². The van der Waals surface area contributed by atoms with Gasteiger partial charge in [-0.3, -0.25) is 4.79 Å². The van der Waals surface area contributed by atoms with Gasteiger partial charge in [0.1, 0.15) is 5.75 Å². The van der Waals surface area contributed by atoms with Crippen molar-refractivity contribution in [2.75, 3.05) is 0 Å². The summed E-state index contributed by atoms with van der Waals surface area (Å²) in [6, 6.07) is 13.5. The lowest BCUT2D eigenvalue weighted by atomic mass is 9.99. The molecule has 0 aromatic heterocycles. The fourth-order valence-electron chi connectivity index (χ4n) is 2.21. The lowest BCUT2D eigenvalue weighted by molar-refractivity contribution is 0.470. The molecule has 2 aliphatic carbocycles. The summed E-state index contributed by atoms with van der Waals surface area (Å²) < 4.78 is 0. The Hall–Kier alpha value is -2.55. The Morgan fingerprint density at radius 3 is 2.33 bits per heavy atom. The normalized spacial score (nSPS) is 10.9. The Labute approximate surface area is 103 Å². The third-order valence-corrected chi connectivity index (χ3v) is 3.05. The number of aromatic hydroxyl groups is 2. The van der Waals surface area contributed by atoms with Crippen LogP contribution >= 0.6 is 0 Å². The van der Waals surface area contributed by atoms with Gasteiger partial charge in [-0.15, -0.1) is 0 Å². The van der Waals surface area contributed by atoms with Crippen LogP contribution < -0.4 is 5.43 Å². The second-order valence-corrected chi connectivity index (χ2v) is 4.14. The molecule has 0 aliphatic heterocycles. The van der Waals surface area contributed by atoms with Crippen molar-refractivity contribution in [3.63, 3.8) is 0 Å². The van der Waals surface area contributed by atoms with Crippen LogP contribution in [-0.2, 0) is 0 Å². The fourth-order valence-corrected chi connectivity index (χ4v) is 2.21. The zero-order chi connectivity index (χ0) is 12.7. The van der Waals surface area contributed by atoms with Gasteiger partial charge in [0.05, 0.1) is 0 Å². The zero-order valence-corrected chi connectivity index (χ0v) is 9.42. The number of hydrogen-bond acceptors (Lipinski definition) is 3. The highest BCUT2D eigenvalue weighted by Gasteiger charge is 2.14. The lowest BCUT2D eigenvalue weighted by Crippen LogP contribution is -1.99. The lowest BCUT2D eigenvalue weighted by Gasteiger charge is -2.07. The zero-order valence-electron chi connectivity index (χ0n) is 9.42. The molecule has 3 heteroatoms. The topological polar surface area (TPSA) is 57.5 Å². The Kier molecular flexibility index (Phi) is 2.20. The van der Waals surface area contributed by atoms with Crippen molar-refractivity contribution in [2.45, 2.75) is 0 Å². The Morgan fingerprint density at radius 2 is 1.56 bits per heavy atom. The maximum Gasteiger partial charge on any atom is 0.220 e. The molecule has 0 unspecified atom stereocenters. The molecule has 0 atom stereocenters. The number of rotatable bonds is 0. The molecule has 0 radical (unpaired) electrons. The molecular formula is C15H10O3. The maximum atomic E-state index is 11.6. The smallest absolute Gasteiger partial charge is 0.220 e. The first-order valence-electron chi connectivity index (χ1n) is 5.55. The molecular weight excluding hydrogens is 228 g/mol. The predicted octanol–water partition coefficient (Wildman–Crippen LogP) is 2.72. The molecule has 2 N–H and O–H groups in total. The second kappa shape index (κ2) is 3.74. The summed E-state index contributed by atoms with van der Waals surface area (Å²) in [6.45, 7) is 0. The van der Waals surface area contributed by atoms with Gasteiger partial charge >= 0.3 is 0 Å². The Morgan fingerprint density at radius 1 is 0.833 bits per heavy atom. The van der Waals surface area contributed by atoms with Crippen molar-refractivity contribution in [3.8, 4) is 22.6 Å². The van der Waals surface area contributed by atoms with Crippen LogP contribution in [0.1, 0.15) is 0 Å². The van der Waals surface area contributed by atoms with E-state index in [4.69, 9.17) is 0 Å². The first-order valence-corrected chi connectivity index (χ1v) is 5.55. The summed E-state index contributed by atoms with van der Waals surface area (Å²) >= 11 is 0. The van der Waals surface area contributed by atoms with Crippen LogP contribution in [0.15, 0.2) is 53.3 Å². The molecule has 0 saturated heterocycles. The van der Waals surface area contributed by atoms with Crippen LogP contribution in [0.5, 0.6) is 11.5 Å². The average molecular weight is 238 g/mol. The van der Waals surface area contributed by atoms with E-state index < -0.39 is 5.43 Å². The minimum atomic E-state index is -0.446. The third kappa shape index (κ3) is 1.41. The summed E-state index contributed by atoms with van der Waals surface area (Å²) in [5.74, 6) is -0.273. The number of phenols is 2. The summed E-state index contributed by atoms with van der Waals surface area (Å²) in [6.07, 6.45) is 0. The SMILES string of the molecule is O=c1ccc2cccc3cccc(O)c3c-2c1O. The van der Waals surface area contributed by atoms with Gasteiger partial charge in [0.15, 0.2) is 5.75 Å². The van der Waals surface area contributed by atoms with Crippen LogP contribution in [0.4, 0.5) is 0 Å². The van der Waals surface area contributed by atoms with Gasteiger partial charge < -0.3 is 10.2 Å². The standard InChI is InChI=1S/C15H10O3/c16-11-6-2-5-9-3-1-4-10-7-8-12(17)15(18)14(10)13(9)11/h1-8,16,18H. The van der Waals surface area contributed by atoms with Gasteiger partial charge in [0, 0.05) is 10.9 Å². The van der Waals surface area contributed by atoms with Crippen LogP contribution in [0.2, 0.25) is 0 Å². The largest absolute Gasteiger partial charge is 0.507 e. The summed E-state index contributed by atoms with van der Waals surface area (Å²) in [5.41, 5.74) is 0.655. The van der Waals surface area contributed by atoms with Crippen LogP contribution in [-0.4, -0.2) is 10.2 Å². The van der Waals surface area contributed by atoms with Crippen molar-refractivity contribution in [1.82, 2.24) is 0 Å². The maximum absolute atomic E-state index is 11.6. The highest BCUT2D eigenvalue weighted by molar-refractivity contribution is 6.02.